The number of aromatic nitrogens is 1. The summed E-state index contributed by atoms with van der Waals surface area (Å²) in [5.41, 5.74) is 4.30. The maximum atomic E-state index is 14.4. The molecule has 1 N–H and O–H groups in total. The first-order valence-corrected chi connectivity index (χ1v) is 13.6. The summed E-state index contributed by atoms with van der Waals surface area (Å²) >= 11 is 0. The van der Waals surface area contributed by atoms with Gasteiger partial charge in [-0.15, -0.1) is 0 Å². The zero-order valence-electron chi connectivity index (χ0n) is 22.9. The number of nitrogens with one attached hydrogen (secondary N) is 1. The molecule has 0 spiro atoms. The van der Waals surface area contributed by atoms with Gasteiger partial charge in [-0.1, -0.05) is 12.1 Å². The van der Waals surface area contributed by atoms with Crippen molar-refractivity contribution in [3.63, 3.8) is 0 Å². The van der Waals surface area contributed by atoms with Gasteiger partial charge >= 0.3 is 0 Å². The third-order valence-electron chi connectivity index (χ3n) is 7.49. The molecule has 9 heteroatoms. The molecule has 1 aromatic heterocycles. The number of methoxy groups -OCH3 is 1. The van der Waals surface area contributed by atoms with E-state index in [-0.39, 0.29) is 18.4 Å². The van der Waals surface area contributed by atoms with E-state index in [2.05, 4.69) is 10.3 Å². The van der Waals surface area contributed by atoms with Gasteiger partial charge in [0, 0.05) is 30.2 Å². The van der Waals surface area contributed by atoms with Crippen LogP contribution in [0.3, 0.4) is 0 Å². The van der Waals surface area contributed by atoms with Gasteiger partial charge in [0.25, 0.3) is 11.8 Å². The second-order valence-electron chi connectivity index (χ2n) is 10.2. The highest BCUT2D eigenvalue weighted by atomic mass is 19.1. The molecule has 1 unspecified atom stereocenters. The molecule has 0 fully saturated rings. The van der Waals surface area contributed by atoms with Crippen LogP contribution in [0.1, 0.15) is 45.2 Å². The fraction of sp³-hybridized carbons (Fsp3) is 0.281. The normalized spacial score (nSPS) is 17.0. The van der Waals surface area contributed by atoms with Crippen LogP contribution >= 0.6 is 0 Å². The van der Waals surface area contributed by atoms with Crippen molar-refractivity contribution in [3.05, 3.63) is 94.4 Å². The zero-order valence-corrected chi connectivity index (χ0v) is 22.9. The minimum atomic E-state index is -0.460. The molecule has 41 heavy (non-hydrogen) atoms. The lowest BCUT2D eigenvalue weighted by Crippen LogP contribution is -2.41. The average molecular weight is 556 g/mol. The smallest absolute Gasteiger partial charge is 0.257 e. The van der Waals surface area contributed by atoms with Gasteiger partial charge in [0.15, 0.2) is 18.1 Å². The molecular formula is C32H30FN3O5. The average Bonchev–Trinajstić information content (AvgIpc) is 2.97. The van der Waals surface area contributed by atoms with Gasteiger partial charge in [-0.25, -0.2) is 4.39 Å². The molecule has 8 nitrogen and oxygen atoms in total. The second-order valence-corrected chi connectivity index (χ2v) is 10.2. The Morgan fingerprint density at radius 1 is 1.12 bits per heavy atom. The Bertz CT molecular complexity index is 1650. The van der Waals surface area contributed by atoms with Crippen molar-refractivity contribution in [2.75, 3.05) is 33.4 Å². The van der Waals surface area contributed by atoms with Gasteiger partial charge < -0.3 is 24.4 Å². The number of nitrogens with zero attached hydrogens (tertiary/aromatic N) is 2. The molecular weight excluding hydrogens is 525 g/mol. The lowest BCUT2D eigenvalue weighted by molar-refractivity contribution is -0.123. The number of carbonyl (C=O) groups is 2. The van der Waals surface area contributed by atoms with Gasteiger partial charge in [-0.2, -0.15) is 0 Å². The van der Waals surface area contributed by atoms with E-state index in [1.165, 1.54) is 12.1 Å². The number of amides is 2. The standard InChI is InChI=1S/C32H30FN3O5/c1-19-13-26(24-8-7-22(33)16-27(24)35-19)32(38)36-11-9-20-15-29-28(39-2)17-25(20)31(36)21-5-3-6-23(14-21)40-12-4-10-34-30(37)18-41-29/h3,5-8,13-17,31H,4,9-12,18H2,1-2H3,(H,34,37). The first-order chi connectivity index (χ1) is 19.9. The number of fused-ring (bicyclic) bond motifs is 9. The predicted octanol–water partition coefficient (Wildman–Crippen LogP) is 4.76. The number of carbonyl (C=O) groups excluding carboxylic acids is 2. The van der Waals surface area contributed by atoms with Gasteiger partial charge in [-0.05, 0) is 78.9 Å². The molecule has 0 saturated heterocycles. The van der Waals surface area contributed by atoms with Crippen molar-refractivity contribution in [2.24, 2.45) is 0 Å². The molecule has 210 valence electrons. The van der Waals surface area contributed by atoms with Crippen LogP contribution in [0.25, 0.3) is 10.9 Å². The zero-order chi connectivity index (χ0) is 28.5. The topological polar surface area (TPSA) is 90.0 Å². The Morgan fingerprint density at radius 2 is 2.00 bits per heavy atom. The molecule has 0 saturated carbocycles. The summed E-state index contributed by atoms with van der Waals surface area (Å²) in [4.78, 5) is 33.0. The van der Waals surface area contributed by atoms with E-state index in [1.54, 1.807) is 26.2 Å². The number of benzene rings is 3. The number of hydrogen-bond donors (Lipinski definition) is 1. The van der Waals surface area contributed by atoms with Crippen molar-refractivity contribution < 1.29 is 28.2 Å². The van der Waals surface area contributed by atoms with Gasteiger partial charge in [0.2, 0.25) is 0 Å². The number of pyridine rings is 1. The van der Waals surface area contributed by atoms with Gasteiger partial charge in [0.1, 0.15) is 11.6 Å². The summed E-state index contributed by atoms with van der Waals surface area (Å²) < 4.78 is 31.6. The molecule has 1 atom stereocenters. The Balaban J connectivity index is 1.50. The third kappa shape index (κ3) is 5.27. The van der Waals surface area contributed by atoms with Crippen molar-refractivity contribution in [1.29, 1.82) is 0 Å². The first-order valence-electron chi connectivity index (χ1n) is 13.6. The van der Waals surface area contributed by atoms with Crippen LogP contribution in [0, 0.1) is 12.7 Å². The summed E-state index contributed by atoms with van der Waals surface area (Å²) in [7, 11) is 1.55. The highest BCUT2D eigenvalue weighted by Gasteiger charge is 2.35. The molecule has 3 aliphatic rings. The van der Waals surface area contributed by atoms with Crippen molar-refractivity contribution in [2.45, 2.75) is 25.8 Å². The van der Waals surface area contributed by atoms with Crippen LogP contribution in [0.5, 0.6) is 17.2 Å². The highest BCUT2D eigenvalue weighted by Crippen LogP contribution is 2.42. The van der Waals surface area contributed by atoms with E-state index in [1.807, 2.05) is 41.3 Å². The fourth-order valence-electron chi connectivity index (χ4n) is 5.60. The van der Waals surface area contributed by atoms with Crippen LogP contribution in [-0.2, 0) is 11.2 Å². The molecule has 4 heterocycles. The van der Waals surface area contributed by atoms with Crippen LogP contribution in [0.4, 0.5) is 4.39 Å². The molecule has 6 bridgehead atoms. The van der Waals surface area contributed by atoms with Crippen LogP contribution < -0.4 is 19.5 Å². The summed E-state index contributed by atoms with van der Waals surface area (Å²) in [6, 6.07) is 17.1. The first kappa shape index (κ1) is 26.6. The van der Waals surface area contributed by atoms with Crippen LogP contribution in [0.15, 0.2) is 60.7 Å². The van der Waals surface area contributed by atoms with E-state index in [0.29, 0.717) is 71.9 Å². The molecule has 3 aliphatic heterocycles. The lowest BCUT2D eigenvalue weighted by Gasteiger charge is -2.38. The van der Waals surface area contributed by atoms with Crippen molar-refractivity contribution in [3.8, 4) is 17.2 Å². The van der Waals surface area contributed by atoms with E-state index < -0.39 is 11.9 Å². The Labute approximate surface area is 237 Å². The number of aryl methyl sites for hydroxylation is 1. The summed E-state index contributed by atoms with van der Waals surface area (Å²) in [6.07, 6.45) is 1.19. The molecule has 7 rings (SSSR count). The number of hydrogen-bond acceptors (Lipinski definition) is 6. The second kappa shape index (κ2) is 11.1. The Hall–Kier alpha value is -4.66. The van der Waals surface area contributed by atoms with Gasteiger partial charge in [-0.3, -0.25) is 14.6 Å². The summed E-state index contributed by atoms with van der Waals surface area (Å²) in [5.74, 6) is 0.802. The van der Waals surface area contributed by atoms with Gasteiger partial charge in [0.05, 0.1) is 30.8 Å². The van der Waals surface area contributed by atoms with Crippen LogP contribution in [-0.4, -0.2) is 55.1 Å². The highest BCUT2D eigenvalue weighted by molar-refractivity contribution is 6.06. The number of rotatable bonds is 2. The minimum absolute atomic E-state index is 0.141. The molecule has 3 aromatic carbocycles. The largest absolute Gasteiger partial charge is 0.494 e. The van der Waals surface area contributed by atoms with E-state index in [4.69, 9.17) is 14.2 Å². The van der Waals surface area contributed by atoms with Crippen molar-refractivity contribution in [1.82, 2.24) is 15.2 Å². The predicted molar refractivity (Wildman–Crippen MR) is 151 cm³/mol. The van der Waals surface area contributed by atoms with E-state index in [0.717, 1.165) is 16.7 Å². The molecule has 4 aromatic rings. The quantitative estimate of drug-likeness (QED) is 0.384. The van der Waals surface area contributed by atoms with E-state index >= 15 is 0 Å². The summed E-state index contributed by atoms with van der Waals surface area (Å²) in [6.45, 7) is 2.96. The maximum Gasteiger partial charge on any atom is 0.257 e. The summed E-state index contributed by atoms with van der Waals surface area (Å²) in [5, 5.41) is 3.44. The Kier molecular flexibility index (Phi) is 7.17. The maximum absolute atomic E-state index is 14.4. The van der Waals surface area contributed by atoms with E-state index in [9.17, 15) is 14.0 Å². The molecule has 2 amide bonds. The SMILES string of the molecule is COc1cc2c3cc1OCC(=O)NCCCOc1cccc(c1)C2N(C(=O)c1cc(C)nc2cc(F)ccc12)CC3. The minimum Gasteiger partial charge on any atom is -0.494 e. The fourth-order valence-corrected chi connectivity index (χ4v) is 5.60. The number of halogens is 1. The Morgan fingerprint density at radius 3 is 2.85 bits per heavy atom. The molecule has 0 aliphatic carbocycles. The lowest BCUT2D eigenvalue weighted by atomic mass is 9.87. The van der Waals surface area contributed by atoms with Crippen LogP contribution in [0.2, 0.25) is 0 Å². The monoisotopic (exact) mass is 555 g/mol. The molecule has 0 radical (unpaired) electrons. The van der Waals surface area contributed by atoms with Crippen molar-refractivity contribution >= 4 is 22.7 Å². The number of ether oxygens (including phenoxy) is 3. The third-order valence-corrected chi connectivity index (χ3v) is 7.49.